The summed E-state index contributed by atoms with van der Waals surface area (Å²) >= 11 is -0.269. The van der Waals surface area contributed by atoms with Crippen LogP contribution in [0.25, 0.3) is 0 Å². The van der Waals surface area contributed by atoms with Crippen molar-refractivity contribution in [1.29, 1.82) is 0 Å². The Morgan fingerprint density at radius 3 is 2.28 bits per heavy atom. The van der Waals surface area contributed by atoms with Crippen LogP contribution < -0.4 is 10.0 Å². The molecule has 1 amide bonds. The molecule has 0 aliphatic heterocycles. The van der Waals surface area contributed by atoms with E-state index >= 15 is 0 Å². The van der Waals surface area contributed by atoms with E-state index < -0.39 is 50.4 Å². The summed E-state index contributed by atoms with van der Waals surface area (Å²) in [4.78, 5) is 13.0. The molecule has 162 valence electrons. The van der Waals surface area contributed by atoms with Crippen molar-refractivity contribution in [3.63, 3.8) is 0 Å². The molecule has 0 fully saturated rings. The third kappa shape index (κ3) is 4.68. The fraction of sp³-hybridized carbons (Fsp3) is 0.417. The highest BCUT2D eigenvalue weighted by Crippen LogP contribution is 2.51. The van der Waals surface area contributed by atoms with Gasteiger partial charge < -0.3 is 10.4 Å². The molecule has 2 heterocycles. The molecular formula is C12H11F6N5O4S2. The number of aromatic nitrogens is 3. The molecule has 2 rings (SSSR count). The summed E-state index contributed by atoms with van der Waals surface area (Å²) < 4.78 is 104. The van der Waals surface area contributed by atoms with Crippen LogP contribution in [0.1, 0.15) is 4.88 Å². The van der Waals surface area contributed by atoms with E-state index in [0.717, 1.165) is 12.4 Å². The van der Waals surface area contributed by atoms with Crippen LogP contribution in [0, 0.1) is 0 Å². The van der Waals surface area contributed by atoms with Gasteiger partial charge in [-0.1, -0.05) is 11.3 Å². The first kappa shape index (κ1) is 23.0. The van der Waals surface area contributed by atoms with Crippen LogP contribution >= 0.6 is 11.3 Å². The maximum absolute atomic E-state index is 12.8. The molecule has 0 atom stereocenters. The number of carbonyl (C=O) groups is 1. The number of anilines is 1. The number of alkyl halides is 6. The number of thiazole rings is 1. The average Bonchev–Trinajstić information content (AvgIpc) is 3.20. The summed E-state index contributed by atoms with van der Waals surface area (Å²) in [6.45, 7) is -0.894. The molecule has 0 radical (unpaired) electrons. The minimum absolute atomic E-state index is 0.112. The summed E-state index contributed by atoms with van der Waals surface area (Å²) in [5, 5.41) is 14.0. The van der Waals surface area contributed by atoms with E-state index in [2.05, 4.69) is 10.1 Å². The quantitative estimate of drug-likeness (QED) is 0.547. The topological polar surface area (TPSA) is 126 Å². The van der Waals surface area contributed by atoms with Gasteiger partial charge in [-0.25, -0.2) is 18.1 Å². The minimum Gasteiger partial charge on any atom is -0.369 e. The zero-order valence-electron chi connectivity index (χ0n) is 14.0. The van der Waals surface area contributed by atoms with Crippen LogP contribution in [0.3, 0.4) is 0 Å². The van der Waals surface area contributed by atoms with Crippen molar-refractivity contribution in [3.8, 4) is 0 Å². The van der Waals surface area contributed by atoms with Crippen molar-refractivity contribution in [1.82, 2.24) is 19.5 Å². The molecular weight excluding hydrogens is 456 g/mol. The zero-order valence-corrected chi connectivity index (χ0v) is 15.7. The van der Waals surface area contributed by atoms with Crippen LogP contribution in [0.5, 0.6) is 0 Å². The van der Waals surface area contributed by atoms with Gasteiger partial charge in [0.2, 0.25) is 15.9 Å². The lowest BCUT2D eigenvalue weighted by Crippen LogP contribution is -2.53. The second-order valence-corrected chi connectivity index (χ2v) is 8.26. The van der Waals surface area contributed by atoms with Gasteiger partial charge in [0, 0.05) is 19.4 Å². The standard InChI is InChI=1S/C12H11F6N5O4S2/c1-23-5-6(2-20-23)29(26,27)21-4-8(24)22-9-19-3-7(28-9)10(25,11(13,14)15)12(16,17)18/h2-3,5,21,25H,4H2,1H3,(H,19,22,24). The number of halogens is 6. The maximum atomic E-state index is 12.8. The zero-order chi connectivity index (χ0) is 22.3. The largest absolute Gasteiger partial charge is 0.431 e. The Balaban J connectivity index is 2.11. The number of sulfonamides is 1. The van der Waals surface area contributed by atoms with Crippen LogP contribution in [-0.2, 0) is 27.5 Å². The van der Waals surface area contributed by atoms with Crippen molar-refractivity contribution in [2.45, 2.75) is 22.8 Å². The molecule has 2 aromatic heterocycles. The predicted molar refractivity (Wildman–Crippen MR) is 85.1 cm³/mol. The molecule has 0 aliphatic rings. The Labute approximate surface area is 162 Å². The molecule has 0 saturated heterocycles. The first-order chi connectivity index (χ1) is 13.1. The number of hydrogen-bond donors (Lipinski definition) is 3. The number of hydrogen-bond acceptors (Lipinski definition) is 7. The van der Waals surface area contributed by atoms with Gasteiger partial charge in [-0.3, -0.25) is 9.48 Å². The molecule has 9 nitrogen and oxygen atoms in total. The van der Waals surface area contributed by atoms with Gasteiger partial charge in [0.25, 0.3) is 5.60 Å². The van der Waals surface area contributed by atoms with E-state index in [1.54, 1.807) is 0 Å². The Bertz CT molecular complexity index is 983. The Hall–Kier alpha value is -2.24. The number of nitrogens with one attached hydrogen (secondary N) is 2. The summed E-state index contributed by atoms with van der Waals surface area (Å²) in [7, 11) is -2.69. The third-order valence-corrected chi connectivity index (χ3v) is 5.72. The van der Waals surface area contributed by atoms with E-state index in [4.69, 9.17) is 0 Å². The van der Waals surface area contributed by atoms with Gasteiger partial charge >= 0.3 is 12.4 Å². The molecule has 0 bridgehead atoms. The molecule has 0 aliphatic carbocycles. The Morgan fingerprint density at radius 2 is 1.79 bits per heavy atom. The maximum Gasteiger partial charge on any atom is 0.431 e. The van der Waals surface area contributed by atoms with Crippen molar-refractivity contribution in [3.05, 3.63) is 23.5 Å². The van der Waals surface area contributed by atoms with Gasteiger partial charge in [0.1, 0.15) is 4.90 Å². The number of aliphatic hydroxyl groups is 1. The lowest BCUT2D eigenvalue weighted by atomic mass is 10.0. The van der Waals surface area contributed by atoms with Gasteiger partial charge in [0.15, 0.2) is 5.13 Å². The Kier molecular flexibility index (Phi) is 5.99. The molecule has 0 aromatic carbocycles. The highest BCUT2D eigenvalue weighted by Gasteiger charge is 2.72. The number of rotatable bonds is 6. The van der Waals surface area contributed by atoms with E-state index in [1.807, 2.05) is 10.0 Å². The van der Waals surface area contributed by atoms with E-state index in [-0.39, 0.29) is 22.4 Å². The number of aryl methyl sites for hydroxylation is 1. The summed E-state index contributed by atoms with van der Waals surface area (Å²) in [5.41, 5.74) is -5.18. The highest BCUT2D eigenvalue weighted by molar-refractivity contribution is 7.89. The molecule has 17 heteroatoms. The fourth-order valence-electron chi connectivity index (χ4n) is 1.88. The van der Waals surface area contributed by atoms with Crippen molar-refractivity contribution >= 4 is 32.4 Å². The van der Waals surface area contributed by atoms with Crippen LogP contribution in [-0.4, -0.2) is 53.1 Å². The summed E-state index contributed by atoms with van der Waals surface area (Å²) in [6.07, 6.45) is -9.97. The van der Waals surface area contributed by atoms with E-state index in [1.165, 1.54) is 11.7 Å². The number of amides is 1. The SMILES string of the molecule is Cn1cc(S(=O)(=O)NCC(=O)Nc2ncc(C(O)(C(F)(F)F)C(F)(F)F)s2)cn1. The van der Waals surface area contributed by atoms with Gasteiger partial charge in [-0.2, -0.15) is 31.4 Å². The van der Waals surface area contributed by atoms with Crippen molar-refractivity contribution in [2.75, 3.05) is 11.9 Å². The molecule has 0 unspecified atom stereocenters. The fourth-order valence-corrected chi connectivity index (χ4v) is 3.81. The Morgan fingerprint density at radius 1 is 1.21 bits per heavy atom. The monoisotopic (exact) mass is 467 g/mol. The molecule has 0 saturated carbocycles. The first-order valence-electron chi connectivity index (χ1n) is 7.18. The molecule has 2 aromatic rings. The average molecular weight is 467 g/mol. The van der Waals surface area contributed by atoms with Crippen LogP contribution in [0.2, 0.25) is 0 Å². The number of carbonyl (C=O) groups excluding carboxylic acids is 1. The van der Waals surface area contributed by atoms with Gasteiger partial charge in [0.05, 0.1) is 17.6 Å². The second-order valence-electron chi connectivity index (χ2n) is 5.46. The molecule has 29 heavy (non-hydrogen) atoms. The normalized spacial score (nSPS) is 13.5. The third-order valence-electron chi connectivity index (χ3n) is 3.34. The lowest BCUT2D eigenvalue weighted by Gasteiger charge is -2.30. The molecule has 0 spiro atoms. The van der Waals surface area contributed by atoms with Crippen molar-refractivity contribution < 1.29 is 44.7 Å². The van der Waals surface area contributed by atoms with Crippen LogP contribution in [0.4, 0.5) is 31.5 Å². The first-order valence-corrected chi connectivity index (χ1v) is 9.48. The molecule has 3 N–H and O–H groups in total. The van der Waals surface area contributed by atoms with Crippen LogP contribution in [0.15, 0.2) is 23.5 Å². The summed E-state index contributed by atoms with van der Waals surface area (Å²) in [5.74, 6) is -1.12. The van der Waals surface area contributed by atoms with E-state index in [0.29, 0.717) is 0 Å². The second kappa shape index (κ2) is 7.54. The number of nitrogens with zero attached hydrogens (tertiary/aromatic N) is 3. The predicted octanol–water partition coefficient (Wildman–Crippen LogP) is 1.11. The lowest BCUT2D eigenvalue weighted by molar-refractivity contribution is -0.375. The summed E-state index contributed by atoms with van der Waals surface area (Å²) in [6, 6.07) is 0. The minimum atomic E-state index is -6.10. The van der Waals surface area contributed by atoms with Crippen molar-refractivity contribution in [2.24, 2.45) is 7.05 Å². The van der Waals surface area contributed by atoms with Gasteiger partial charge in [-0.05, 0) is 0 Å². The smallest absolute Gasteiger partial charge is 0.369 e. The van der Waals surface area contributed by atoms with E-state index in [9.17, 15) is 44.7 Å². The van der Waals surface area contributed by atoms with Gasteiger partial charge in [-0.15, -0.1) is 0 Å². The highest BCUT2D eigenvalue weighted by atomic mass is 32.2.